The van der Waals surface area contributed by atoms with Crippen molar-refractivity contribution >= 4 is 5.69 Å². The second kappa shape index (κ2) is 5.12. The highest BCUT2D eigenvalue weighted by Gasteiger charge is 2.19. The Morgan fingerprint density at radius 2 is 2.00 bits per heavy atom. The van der Waals surface area contributed by atoms with E-state index < -0.39 is 0 Å². The van der Waals surface area contributed by atoms with Crippen molar-refractivity contribution in [2.45, 2.75) is 19.4 Å². The highest BCUT2D eigenvalue weighted by Crippen LogP contribution is 2.31. The van der Waals surface area contributed by atoms with E-state index in [1.807, 2.05) is 25.1 Å². The van der Waals surface area contributed by atoms with Crippen LogP contribution in [0.1, 0.15) is 12.5 Å². The van der Waals surface area contributed by atoms with Crippen molar-refractivity contribution in [1.29, 1.82) is 15.8 Å². The van der Waals surface area contributed by atoms with Crippen molar-refractivity contribution in [3.05, 3.63) is 35.0 Å². The summed E-state index contributed by atoms with van der Waals surface area (Å²) in [5, 5.41) is 29.3. The molecule has 0 bridgehead atoms. The summed E-state index contributed by atoms with van der Waals surface area (Å²) in [4.78, 5) is 0. The van der Waals surface area contributed by atoms with Crippen LogP contribution in [0.25, 0.3) is 0 Å². The summed E-state index contributed by atoms with van der Waals surface area (Å²) in [5.41, 5.74) is 1.44. The molecule has 5 nitrogen and oxygen atoms in total. The van der Waals surface area contributed by atoms with E-state index in [9.17, 15) is 0 Å². The molecule has 1 aliphatic rings. The van der Waals surface area contributed by atoms with E-state index in [2.05, 4.69) is 5.32 Å². The van der Waals surface area contributed by atoms with Gasteiger partial charge in [-0.25, -0.2) is 0 Å². The maximum absolute atomic E-state index is 8.96. The monoisotopic (exact) mass is 250 g/mol. The lowest BCUT2D eigenvalue weighted by atomic mass is 10.1. The fourth-order valence-electron chi connectivity index (χ4n) is 1.93. The zero-order chi connectivity index (χ0) is 13.8. The summed E-state index contributed by atoms with van der Waals surface area (Å²) in [5.74, 6) is 0.835. The minimum atomic E-state index is -0.229. The highest BCUT2D eigenvalue weighted by molar-refractivity contribution is 5.61. The first-order valence-corrected chi connectivity index (χ1v) is 5.69. The molecule has 0 fully saturated rings. The molecule has 1 N–H and O–H groups in total. The molecular weight excluding hydrogens is 240 g/mol. The first kappa shape index (κ1) is 12.5. The lowest BCUT2D eigenvalue weighted by molar-refractivity contribution is 0.254. The van der Waals surface area contributed by atoms with Crippen LogP contribution in [0.5, 0.6) is 5.75 Å². The Bertz CT molecular complexity index is 654. The number of nitriles is 3. The lowest BCUT2D eigenvalue weighted by Crippen LogP contribution is -2.05. The maximum Gasteiger partial charge on any atom is 0.163 e. The lowest BCUT2D eigenvalue weighted by Gasteiger charge is -2.06. The maximum atomic E-state index is 8.96. The number of ether oxygens (including phenoxy) is 1. The Morgan fingerprint density at radius 1 is 1.26 bits per heavy atom. The van der Waals surface area contributed by atoms with Gasteiger partial charge in [0.25, 0.3) is 0 Å². The summed E-state index contributed by atoms with van der Waals surface area (Å²) in [6, 6.07) is 10.6. The van der Waals surface area contributed by atoms with Gasteiger partial charge in [-0.05, 0) is 30.7 Å². The largest absolute Gasteiger partial charge is 0.490 e. The summed E-state index contributed by atoms with van der Waals surface area (Å²) < 4.78 is 5.57. The number of hydrogen-bond donors (Lipinski definition) is 1. The van der Waals surface area contributed by atoms with Crippen LogP contribution in [0.15, 0.2) is 29.5 Å². The number of nitrogens with zero attached hydrogens (tertiary/aromatic N) is 3. The molecule has 1 aromatic rings. The molecule has 1 unspecified atom stereocenters. The fourth-order valence-corrected chi connectivity index (χ4v) is 1.93. The molecule has 0 radical (unpaired) electrons. The summed E-state index contributed by atoms with van der Waals surface area (Å²) >= 11 is 0. The average molecular weight is 250 g/mol. The van der Waals surface area contributed by atoms with E-state index in [-0.39, 0.29) is 17.4 Å². The quantitative estimate of drug-likeness (QED) is 0.812. The van der Waals surface area contributed by atoms with Gasteiger partial charge in [0.15, 0.2) is 5.57 Å². The number of nitrogens with one attached hydrogen (secondary N) is 1. The fraction of sp³-hybridized carbons (Fsp3) is 0.214. The molecule has 0 spiro atoms. The number of anilines is 1. The number of allylic oxidation sites excluding steroid dienone is 2. The second-order valence-corrected chi connectivity index (χ2v) is 4.17. The molecule has 0 saturated carbocycles. The molecule has 19 heavy (non-hydrogen) atoms. The van der Waals surface area contributed by atoms with Crippen LogP contribution in [-0.4, -0.2) is 6.10 Å². The van der Waals surface area contributed by atoms with Crippen molar-refractivity contribution in [2.75, 3.05) is 5.32 Å². The van der Waals surface area contributed by atoms with E-state index in [4.69, 9.17) is 20.5 Å². The van der Waals surface area contributed by atoms with Gasteiger partial charge < -0.3 is 10.1 Å². The van der Waals surface area contributed by atoms with E-state index in [1.165, 1.54) is 0 Å². The van der Waals surface area contributed by atoms with Crippen LogP contribution in [0.3, 0.4) is 0 Å². The zero-order valence-corrected chi connectivity index (χ0v) is 10.3. The van der Waals surface area contributed by atoms with Crippen molar-refractivity contribution in [1.82, 2.24) is 0 Å². The van der Waals surface area contributed by atoms with Crippen molar-refractivity contribution in [2.24, 2.45) is 0 Å². The molecule has 1 atom stereocenters. The topological polar surface area (TPSA) is 92.6 Å². The van der Waals surface area contributed by atoms with Crippen molar-refractivity contribution in [3.8, 4) is 24.0 Å². The molecular formula is C14H10N4O. The molecule has 0 saturated heterocycles. The molecule has 2 rings (SSSR count). The van der Waals surface area contributed by atoms with Crippen LogP contribution in [-0.2, 0) is 6.42 Å². The van der Waals surface area contributed by atoms with Gasteiger partial charge in [0.05, 0.1) is 0 Å². The Hall–Kier alpha value is -2.97. The SMILES string of the molecule is CC1Cc2cc(NC(C#N)=C(C#N)C#N)ccc2O1. The number of benzene rings is 1. The molecule has 0 aliphatic carbocycles. The zero-order valence-electron chi connectivity index (χ0n) is 10.3. The van der Waals surface area contributed by atoms with Crippen molar-refractivity contribution in [3.63, 3.8) is 0 Å². The first-order chi connectivity index (χ1) is 9.17. The smallest absolute Gasteiger partial charge is 0.163 e. The Balaban J connectivity index is 2.30. The molecule has 1 aromatic carbocycles. The Morgan fingerprint density at radius 3 is 2.63 bits per heavy atom. The number of fused-ring (bicyclic) bond motifs is 1. The van der Waals surface area contributed by atoms with Crippen LogP contribution < -0.4 is 10.1 Å². The van der Waals surface area contributed by atoms with Gasteiger partial charge in [0, 0.05) is 12.1 Å². The minimum Gasteiger partial charge on any atom is -0.490 e. The van der Waals surface area contributed by atoms with E-state index >= 15 is 0 Å². The van der Waals surface area contributed by atoms with Crippen LogP contribution in [0, 0.1) is 34.0 Å². The predicted octanol–water partition coefficient (Wildman–Crippen LogP) is 2.25. The second-order valence-electron chi connectivity index (χ2n) is 4.17. The molecule has 1 aliphatic heterocycles. The first-order valence-electron chi connectivity index (χ1n) is 5.69. The number of hydrogen-bond acceptors (Lipinski definition) is 5. The van der Waals surface area contributed by atoms with Crippen molar-refractivity contribution < 1.29 is 4.74 Å². The van der Waals surface area contributed by atoms with Crippen LogP contribution in [0.2, 0.25) is 0 Å². The predicted molar refractivity (Wildman–Crippen MR) is 67.7 cm³/mol. The minimum absolute atomic E-state index is 0.0445. The summed E-state index contributed by atoms with van der Waals surface area (Å²) in [6.45, 7) is 1.98. The van der Waals surface area contributed by atoms with Gasteiger partial charge >= 0.3 is 0 Å². The molecule has 0 amide bonds. The van der Waals surface area contributed by atoms with Crippen LogP contribution >= 0.6 is 0 Å². The van der Waals surface area contributed by atoms with Gasteiger partial charge in [-0.3, -0.25) is 0 Å². The third kappa shape index (κ3) is 2.49. The standard InChI is InChI=1S/C14H10N4O/c1-9-4-10-5-12(2-3-14(10)19-9)18-13(8-17)11(6-15)7-16/h2-3,5,9,18H,4H2,1H3. The molecule has 5 heteroatoms. The van der Waals surface area contributed by atoms with Gasteiger partial charge in [0.2, 0.25) is 0 Å². The summed E-state index contributed by atoms with van der Waals surface area (Å²) in [7, 11) is 0. The van der Waals surface area contributed by atoms with Gasteiger partial charge in [-0.1, -0.05) is 0 Å². The van der Waals surface area contributed by atoms with Gasteiger partial charge in [0.1, 0.15) is 35.8 Å². The Labute approximate surface area is 110 Å². The highest BCUT2D eigenvalue weighted by atomic mass is 16.5. The molecule has 92 valence electrons. The average Bonchev–Trinajstić information content (AvgIpc) is 2.78. The molecule has 0 aromatic heterocycles. The van der Waals surface area contributed by atoms with Gasteiger partial charge in [-0.2, -0.15) is 15.8 Å². The van der Waals surface area contributed by atoms with E-state index in [1.54, 1.807) is 18.2 Å². The van der Waals surface area contributed by atoms with Crippen LogP contribution in [0.4, 0.5) is 5.69 Å². The molecule has 1 heterocycles. The number of rotatable bonds is 2. The summed E-state index contributed by atoms with van der Waals surface area (Å²) in [6.07, 6.45) is 0.949. The van der Waals surface area contributed by atoms with E-state index in [0.717, 1.165) is 17.7 Å². The third-order valence-electron chi connectivity index (χ3n) is 2.75. The van der Waals surface area contributed by atoms with Gasteiger partial charge in [-0.15, -0.1) is 0 Å². The van der Waals surface area contributed by atoms with E-state index in [0.29, 0.717) is 5.69 Å². The normalized spacial score (nSPS) is 15.2. The third-order valence-corrected chi connectivity index (χ3v) is 2.75. The Kier molecular flexibility index (Phi) is 3.37.